The van der Waals surface area contributed by atoms with Crippen molar-refractivity contribution in [3.63, 3.8) is 0 Å². The van der Waals surface area contributed by atoms with Crippen molar-refractivity contribution in [3.8, 4) is 0 Å². The van der Waals surface area contributed by atoms with Gasteiger partial charge in [-0.25, -0.2) is 0 Å². The average Bonchev–Trinajstić information content (AvgIpc) is 2.30. The van der Waals surface area contributed by atoms with Gasteiger partial charge in [-0.2, -0.15) is 5.87 Å². The van der Waals surface area contributed by atoms with Crippen LogP contribution in [0.25, 0.3) is 0 Å². The summed E-state index contributed by atoms with van der Waals surface area (Å²) in [4.78, 5) is 0.828. The van der Waals surface area contributed by atoms with E-state index >= 15 is 0 Å². The second-order valence-electron chi connectivity index (χ2n) is 4.25. The molecule has 1 aromatic rings. The van der Waals surface area contributed by atoms with Crippen molar-refractivity contribution >= 4 is 16.3 Å². The van der Waals surface area contributed by atoms with Gasteiger partial charge in [0.15, 0.2) is 0 Å². The molecule has 2 nitrogen and oxygen atoms in total. The second kappa shape index (κ2) is 8.00. The molecule has 1 aliphatic rings. The largest absolute Gasteiger partial charge is 1.00 e. The summed E-state index contributed by atoms with van der Waals surface area (Å²) in [5.41, 5.74) is 1.41. The number of rotatable bonds is 2. The zero-order valence-electron chi connectivity index (χ0n) is 10.4. The first-order valence-corrected chi connectivity index (χ1v) is 6.90. The first-order valence-electron chi connectivity index (χ1n) is 5.59. The van der Waals surface area contributed by atoms with Crippen LogP contribution in [-0.2, 0) is 14.6 Å². The fraction of sp³-hybridized carbons (Fsp3) is 0.462. The molecule has 1 N–H and O–H groups in total. The normalized spacial score (nSPS) is 16.1. The van der Waals surface area contributed by atoms with E-state index in [9.17, 15) is 4.21 Å². The molecule has 1 fully saturated rings. The Morgan fingerprint density at radius 2 is 1.59 bits per heavy atom. The van der Waals surface area contributed by atoms with Gasteiger partial charge in [0.25, 0.3) is 0 Å². The van der Waals surface area contributed by atoms with Crippen molar-refractivity contribution in [1.29, 1.82) is 0 Å². The molecule has 4 heteroatoms. The van der Waals surface area contributed by atoms with Crippen molar-refractivity contribution in [2.45, 2.75) is 42.9 Å². The third-order valence-electron chi connectivity index (χ3n) is 3.22. The molecule has 0 aliphatic heterocycles. The summed E-state index contributed by atoms with van der Waals surface area (Å²) in [6.07, 6.45) is 6.72. The summed E-state index contributed by atoms with van der Waals surface area (Å²) in [5, 5.41) is 0. The molecule has 90 valence electrons. The number of benzene rings is 1. The van der Waals surface area contributed by atoms with Crippen LogP contribution in [0.5, 0.6) is 0 Å². The first-order chi connectivity index (χ1) is 7.27. The van der Waals surface area contributed by atoms with Crippen molar-refractivity contribution in [2.75, 3.05) is 0 Å². The van der Waals surface area contributed by atoms with E-state index in [0.29, 0.717) is 0 Å². The summed E-state index contributed by atoms with van der Waals surface area (Å²) in [6, 6.07) is 8.14. The van der Waals surface area contributed by atoms with E-state index in [2.05, 4.69) is 18.0 Å². The van der Waals surface area contributed by atoms with Crippen LogP contribution in [0.15, 0.2) is 29.2 Å². The minimum atomic E-state index is -1.09. The maximum atomic E-state index is 11.1. The second-order valence-corrected chi connectivity index (χ2v) is 5.41. The molecule has 0 heterocycles. The molecular weight excluding hydrogens is 227 g/mol. The van der Waals surface area contributed by atoms with Gasteiger partial charge in [0.05, 0.1) is 0 Å². The Morgan fingerprint density at radius 3 is 2.06 bits per heavy atom. The molecule has 17 heavy (non-hydrogen) atoms. The van der Waals surface area contributed by atoms with Crippen LogP contribution in [0.2, 0.25) is 0 Å². The van der Waals surface area contributed by atoms with E-state index in [-0.39, 0.29) is 24.3 Å². The minimum Gasteiger partial charge on any atom is -0.870 e. The van der Waals surface area contributed by atoms with E-state index in [0.717, 1.165) is 10.8 Å². The van der Waals surface area contributed by atoms with Gasteiger partial charge in [-0.3, -0.25) is 10.4 Å². The van der Waals surface area contributed by atoms with Crippen molar-refractivity contribution in [2.24, 2.45) is 0 Å². The van der Waals surface area contributed by atoms with Gasteiger partial charge in [-0.1, -0.05) is 43.5 Å². The Kier molecular flexibility index (Phi) is 7.90. The molecule has 0 aromatic heterocycles. The third kappa shape index (κ3) is 4.52. The Balaban J connectivity index is 0.00000128. The van der Waals surface area contributed by atoms with Gasteiger partial charge in [0.1, 0.15) is 0 Å². The third-order valence-corrected chi connectivity index (χ3v) is 4.02. The zero-order valence-corrected chi connectivity index (χ0v) is 11.2. The molecule has 0 saturated heterocycles. The van der Waals surface area contributed by atoms with E-state index in [1.54, 1.807) is 0 Å². The molecule has 0 atom stereocenters. The van der Waals surface area contributed by atoms with Crippen LogP contribution in [-0.4, -0.2) is 11.3 Å². The Morgan fingerprint density at radius 1 is 1.06 bits per heavy atom. The van der Waals surface area contributed by atoms with E-state index < -0.39 is 10.4 Å². The molecule has 0 bridgehead atoms. The van der Waals surface area contributed by atoms with Crippen LogP contribution in [0.4, 0.5) is 0 Å². The molecule has 1 aliphatic carbocycles. The molecule has 1 aromatic carbocycles. The van der Waals surface area contributed by atoms with Gasteiger partial charge >= 0.3 is 18.9 Å². The van der Waals surface area contributed by atoms with Crippen molar-refractivity contribution < 1.29 is 28.5 Å². The summed E-state index contributed by atoms with van der Waals surface area (Å²) in [6.45, 7) is 0. The van der Waals surface area contributed by atoms with E-state index in [1.165, 1.54) is 37.7 Å². The Hall–Kier alpha value is -0.203. The average molecular weight is 245 g/mol. The van der Waals surface area contributed by atoms with Gasteiger partial charge in [0.2, 0.25) is 0 Å². The minimum absolute atomic E-state index is 0. The van der Waals surface area contributed by atoms with Gasteiger partial charge < -0.3 is 9.69 Å². The van der Waals surface area contributed by atoms with Crippen LogP contribution in [0.3, 0.4) is 0 Å². The molecule has 0 amide bonds. The number of hydrogen-bond donors (Lipinski definition) is 0. The van der Waals surface area contributed by atoms with Crippen molar-refractivity contribution in [3.05, 3.63) is 29.8 Å². The van der Waals surface area contributed by atoms with Gasteiger partial charge in [-0.15, -0.1) is 4.90 Å². The van der Waals surface area contributed by atoms with E-state index in [4.69, 9.17) is 0 Å². The van der Waals surface area contributed by atoms with Crippen LogP contribution in [0, 0.1) is 0 Å². The smallest absolute Gasteiger partial charge is 0.870 e. The zero-order chi connectivity index (χ0) is 10.7. The van der Waals surface area contributed by atoms with Gasteiger partial charge in [0, 0.05) is 0 Å². The maximum absolute atomic E-state index is 11.1. The Bertz CT molecular complexity index is 384. The van der Waals surface area contributed by atoms with Gasteiger partial charge in [-0.05, 0) is 24.3 Å². The Labute approximate surface area is 117 Å². The van der Waals surface area contributed by atoms with Crippen LogP contribution in [0.1, 0.15) is 43.6 Å². The van der Waals surface area contributed by atoms with E-state index in [1.807, 2.05) is 12.1 Å². The monoisotopic (exact) mass is 245 g/mol. The molecular formula is C13H18LiO2S-. The fourth-order valence-electron chi connectivity index (χ4n) is 2.33. The predicted molar refractivity (Wildman–Crippen MR) is 67.6 cm³/mol. The standard InChI is InChI=1S/C13H17OS.Li.H2O/c1-15(14)13-9-7-12(8-10-13)11-5-3-2-4-6-11;;/h7-11H,1-6H2;;1H2/q-1;+1;/p-1. The SMILES string of the molecule is C=[S-](=O)c1ccc(C2CCCCC2)cc1.[Li+].[OH-]. The molecule has 2 rings (SSSR count). The first kappa shape index (κ1) is 16.8. The fourth-order valence-corrected chi connectivity index (χ4v) is 2.77. The molecule has 0 radical (unpaired) electrons. The summed E-state index contributed by atoms with van der Waals surface area (Å²) in [7, 11) is -1.09. The van der Waals surface area contributed by atoms with Crippen LogP contribution >= 0.6 is 0 Å². The van der Waals surface area contributed by atoms with Crippen LogP contribution < -0.4 is 18.9 Å². The molecule has 0 unspecified atom stereocenters. The summed E-state index contributed by atoms with van der Waals surface area (Å²) in [5.74, 6) is 4.25. The topological polar surface area (TPSA) is 47.1 Å². The predicted octanol–water partition coefficient (Wildman–Crippen LogP) is 0.316. The molecule has 0 spiro atoms. The number of hydrogen-bond acceptors (Lipinski definition) is 3. The summed E-state index contributed by atoms with van der Waals surface area (Å²) < 4.78 is 11.1. The maximum Gasteiger partial charge on any atom is 1.00 e. The van der Waals surface area contributed by atoms with Crippen molar-refractivity contribution in [1.82, 2.24) is 0 Å². The molecule has 1 saturated carbocycles. The quantitative estimate of drug-likeness (QED) is 0.428. The summed E-state index contributed by atoms with van der Waals surface area (Å²) >= 11 is 0.